The Kier molecular flexibility index (Phi) is 4.11. The van der Waals surface area contributed by atoms with Crippen LogP contribution in [0.15, 0.2) is 30.3 Å². The van der Waals surface area contributed by atoms with Gasteiger partial charge in [-0.1, -0.05) is 25.1 Å². The maximum atomic E-state index is 11.7. The molecule has 1 aromatic carbocycles. The van der Waals surface area contributed by atoms with E-state index in [-0.39, 0.29) is 18.4 Å². The maximum Gasteiger partial charge on any atom is 0.249 e. The summed E-state index contributed by atoms with van der Waals surface area (Å²) < 4.78 is 0. The number of rotatable bonds is 2. The molecule has 1 saturated heterocycles. The summed E-state index contributed by atoms with van der Waals surface area (Å²) in [6.07, 6.45) is 0.593. The third-order valence-corrected chi connectivity index (χ3v) is 3.26. The van der Waals surface area contributed by atoms with Gasteiger partial charge in [-0.2, -0.15) is 0 Å². The zero-order chi connectivity index (χ0) is 13.8. The standard InChI is InChI=1S/C13H15N3O2S/c1-2-10-12(18)15-11(17)8-16(10)13(19)14-9-6-4-3-5-7-9/h3-7,10H,2,8H2,1H3,(H,14,19)(H,15,17,18). The van der Waals surface area contributed by atoms with Gasteiger partial charge in [0.1, 0.15) is 12.6 Å². The summed E-state index contributed by atoms with van der Waals surface area (Å²) in [6, 6.07) is 9.02. The molecule has 0 aliphatic carbocycles. The molecule has 0 saturated carbocycles. The molecule has 1 aromatic rings. The molecule has 2 amide bonds. The van der Waals surface area contributed by atoms with E-state index < -0.39 is 6.04 Å². The topological polar surface area (TPSA) is 61.4 Å². The Balaban J connectivity index is 2.12. The second-order valence-electron chi connectivity index (χ2n) is 4.26. The van der Waals surface area contributed by atoms with Gasteiger partial charge in [0.2, 0.25) is 11.8 Å². The van der Waals surface area contributed by atoms with Crippen LogP contribution in [0.4, 0.5) is 5.69 Å². The molecule has 1 atom stereocenters. The molecule has 1 heterocycles. The Morgan fingerprint density at radius 3 is 2.74 bits per heavy atom. The van der Waals surface area contributed by atoms with Gasteiger partial charge in [0.15, 0.2) is 5.11 Å². The number of benzene rings is 1. The van der Waals surface area contributed by atoms with Crippen LogP contribution in [-0.4, -0.2) is 34.4 Å². The molecule has 2 rings (SSSR count). The molecule has 0 bridgehead atoms. The molecule has 1 unspecified atom stereocenters. The van der Waals surface area contributed by atoms with Crippen molar-refractivity contribution in [2.45, 2.75) is 19.4 Å². The first kappa shape index (κ1) is 13.5. The lowest BCUT2D eigenvalue weighted by Gasteiger charge is -2.35. The summed E-state index contributed by atoms with van der Waals surface area (Å²) in [5, 5.41) is 5.75. The van der Waals surface area contributed by atoms with E-state index in [0.29, 0.717) is 11.5 Å². The molecule has 19 heavy (non-hydrogen) atoms. The lowest BCUT2D eigenvalue weighted by atomic mass is 10.1. The molecule has 6 heteroatoms. The molecule has 0 spiro atoms. The number of nitrogens with one attached hydrogen (secondary N) is 2. The van der Waals surface area contributed by atoms with Crippen LogP contribution in [0.3, 0.4) is 0 Å². The second kappa shape index (κ2) is 5.79. The summed E-state index contributed by atoms with van der Waals surface area (Å²) in [5.41, 5.74) is 0.834. The lowest BCUT2D eigenvalue weighted by molar-refractivity contribution is -0.137. The van der Waals surface area contributed by atoms with E-state index in [4.69, 9.17) is 12.2 Å². The van der Waals surface area contributed by atoms with Gasteiger partial charge in [-0.3, -0.25) is 14.9 Å². The average molecular weight is 277 g/mol. The average Bonchev–Trinajstić information content (AvgIpc) is 2.39. The summed E-state index contributed by atoms with van der Waals surface area (Å²) >= 11 is 5.29. The summed E-state index contributed by atoms with van der Waals surface area (Å²) in [6.45, 7) is 1.99. The van der Waals surface area contributed by atoms with Crippen LogP contribution in [0.2, 0.25) is 0 Å². The third kappa shape index (κ3) is 3.08. The molecular formula is C13H15N3O2S. The highest BCUT2D eigenvalue weighted by Gasteiger charge is 2.33. The SMILES string of the molecule is CCC1C(=O)NC(=O)CN1C(=S)Nc1ccccc1. The van der Waals surface area contributed by atoms with Crippen molar-refractivity contribution in [1.29, 1.82) is 0 Å². The number of para-hydroxylation sites is 1. The van der Waals surface area contributed by atoms with Crippen molar-refractivity contribution in [2.24, 2.45) is 0 Å². The quantitative estimate of drug-likeness (QED) is 0.626. The summed E-state index contributed by atoms with van der Waals surface area (Å²) in [7, 11) is 0. The van der Waals surface area contributed by atoms with Crippen molar-refractivity contribution < 1.29 is 9.59 Å². The van der Waals surface area contributed by atoms with E-state index in [1.54, 1.807) is 4.90 Å². The maximum absolute atomic E-state index is 11.7. The predicted molar refractivity (Wildman–Crippen MR) is 76.6 cm³/mol. The molecular weight excluding hydrogens is 262 g/mol. The number of carbonyl (C=O) groups is 2. The molecule has 1 aliphatic rings. The normalized spacial score (nSPS) is 19.0. The predicted octanol–water partition coefficient (Wildman–Crippen LogP) is 1.12. The Morgan fingerprint density at radius 2 is 2.11 bits per heavy atom. The van der Waals surface area contributed by atoms with Gasteiger partial charge in [0, 0.05) is 5.69 Å². The molecule has 2 N–H and O–H groups in total. The van der Waals surface area contributed by atoms with Crippen LogP contribution in [0.1, 0.15) is 13.3 Å². The Labute approximate surface area is 117 Å². The van der Waals surface area contributed by atoms with E-state index >= 15 is 0 Å². The minimum Gasteiger partial charge on any atom is -0.333 e. The van der Waals surface area contributed by atoms with Crippen molar-refractivity contribution >= 4 is 34.8 Å². The highest BCUT2D eigenvalue weighted by Crippen LogP contribution is 2.13. The van der Waals surface area contributed by atoms with E-state index in [2.05, 4.69) is 10.6 Å². The Morgan fingerprint density at radius 1 is 1.42 bits per heavy atom. The number of piperazine rings is 1. The van der Waals surface area contributed by atoms with E-state index in [0.717, 1.165) is 5.69 Å². The van der Waals surface area contributed by atoms with E-state index in [1.165, 1.54) is 0 Å². The highest BCUT2D eigenvalue weighted by atomic mass is 32.1. The summed E-state index contributed by atoms with van der Waals surface area (Å²) in [5.74, 6) is -0.622. The fourth-order valence-electron chi connectivity index (χ4n) is 2.00. The van der Waals surface area contributed by atoms with E-state index in [1.807, 2.05) is 37.3 Å². The van der Waals surface area contributed by atoms with Crippen LogP contribution in [0, 0.1) is 0 Å². The molecule has 100 valence electrons. The minimum absolute atomic E-state index is 0.100. The number of hydrogen-bond donors (Lipinski definition) is 2. The van der Waals surface area contributed by atoms with Crippen molar-refractivity contribution in [2.75, 3.05) is 11.9 Å². The highest BCUT2D eigenvalue weighted by molar-refractivity contribution is 7.80. The first-order valence-electron chi connectivity index (χ1n) is 6.08. The molecule has 0 aromatic heterocycles. The van der Waals surface area contributed by atoms with E-state index in [9.17, 15) is 9.59 Å². The van der Waals surface area contributed by atoms with Crippen LogP contribution in [0.5, 0.6) is 0 Å². The minimum atomic E-state index is -0.401. The first-order chi connectivity index (χ1) is 9.11. The number of carbonyl (C=O) groups excluding carboxylic acids is 2. The van der Waals surface area contributed by atoms with Crippen molar-refractivity contribution in [1.82, 2.24) is 10.2 Å². The fraction of sp³-hybridized carbons (Fsp3) is 0.308. The van der Waals surface area contributed by atoms with Gasteiger partial charge in [-0.25, -0.2) is 0 Å². The van der Waals surface area contributed by atoms with Crippen molar-refractivity contribution in [3.05, 3.63) is 30.3 Å². The Hall–Kier alpha value is -1.95. The number of thiocarbonyl (C=S) groups is 1. The number of imide groups is 1. The monoisotopic (exact) mass is 277 g/mol. The lowest BCUT2D eigenvalue weighted by Crippen LogP contribution is -2.60. The Bertz CT molecular complexity index is 504. The van der Waals surface area contributed by atoms with Gasteiger partial charge in [-0.05, 0) is 30.8 Å². The number of anilines is 1. The van der Waals surface area contributed by atoms with Crippen LogP contribution in [-0.2, 0) is 9.59 Å². The van der Waals surface area contributed by atoms with Crippen LogP contribution in [0.25, 0.3) is 0 Å². The largest absolute Gasteiger partial charge is 0.333 e. The number of amides is 2. The second-order valence-corrected chi connectivity index (χ2v) is 4.65. The van der Waals surface area contributed by atoms with Gasteiger partial charge in [0.05, 0.1) is 0 Å². The van der Waals surface area contributed by atoms with Crippen LogP contribution < -0.4 is 10.6 Å². The molecule has 0 radical (unpaired) electrons. The zero-order valence-corrected chi connectivity index (χ0v) is 11.4. The smallest absolute Gasteiger partial charge is 0.249 e. The van der Waals surface area contributed by atoms with Gasteiger partial charge in [0.25, 0.3) is 0 Å². The van der Waals surface area contributed by atoms with Gasteiger partial charge >= 0.3 is 0 Å². The van der Waals surface area contributed by atoms with Crippen molar-refractivity contribution in [3.63, 3.8) is 0 Å². The van der Waals surface area contributed by atoms with Crippen molar-refractivity contribution in [3.8, 4) is 0 Å². The number of nitrogens with zero attached hydrogens (tertiary/aromatic N) is 1. The van der Waals surface area contributed by atoms with Gasteiger partial charge in [-0.15, -0.1) is 0 Å². The third-order valence-electron chi connectivity index (χ3n) is 2.93. The first-order valence-corrected chi connectivity index (χ1v) is 6.49. The summed E-state index contributed by atoms with van der Waals surface area (Å²) in [4.78, 5) is 24.8. The molecule has 5 nitrogen and oxygen atoms in total. The molecule has 1 fully saturated rings. The number of hydrogen-bond acceptors (Lipinski definition) is 3. The molecule has 1 aliphatic heterocycles. The van der Waals surface area contributed by atoms with Crippen LogP contribution >= 0.6 is 12.2 Å². The fourth-order valence-corrected chi connectivity index (χ4v) is 2.31. The van der Waals surface area contributed by atoms with Gasteiger partial charge < -0.3 is 10.2 Å². The zero-order valence-electron chi connectivity index (χ0n) is 10.6.